The van der Waals surface area contributed by atoms with Gasteiger partial charge in [-0.2, -0.15) is 0 Å². The van der Waals surface area contributed by atoms with E-state index < -0.39 is 10.0 Å². The minimum atomic E-state index is -3.70. The van der Waals surface area contributed by atoms with E-state index in [0.29, 0.717) is 13.2 Å². The summed E-state index contributed by atoms with van der Waals surface area (Å²) in [5.74, 6) is 0.398. The average molecular weight is 375 g/mol. The van der Waals surface area contributed by atoms with E-state index in [4.69, 9.17) is 16.3 Å². The van der Waals surface area contributed by atoms with Crippen molar-refractivity contribution < 1.29 is 17.9 Å². The molecule has 0 saturated heterocycles. The third kappa shape index (κ3) is 5.17. The molecule has 1 aromatic rings. The lowest BCUT2D eigenvalue weighted by Crippen LogP contribution is -2.26. The normalized spacial score (nSPS) is 14.8. The molecular weight excluding hydrogens is 352 g/mol. The van der Waals surface area contributed by atoms with Gasteiger partial charge in [0.15, 0.2) is 0 Å². The summed E-state index contributed by atoms with van der Waals surface area (Å²) in [6, 6.07) is 4.23. The van der Waals surface area contributed by atoms with E-state index in [1.807, 2.05) is 0 Å². The van der Waals surface area contributed by atoms with Gasteiger partial charge in [-0.3, -0.25) is 4.79 Å². The number of hydrogen-bond donors (Lipinski definition) is 1. The fraction of sp³-hybridized carbons (Fsp3) is 0.562. The molecule has 1 aliphatic carbocycles. The van der Waals surface area contributed by atoms with Crippen LogP contribution >= 0.6 is 11.6 Å². The summed E-state index contributed by atoms with van der Waals surface area (Å²) in [5.41, 5.74) is 0.263. The van der Waals surface area contributed by atoms with Gasteiger partial charge in [-0.15, -0.1) is 0 Å². The van der Waals surface area contributed by atoms with Crippen molar-refractivity contribution in [3.05, 3.63) is 28.8 Å². The summed E-state index contributed by atoms with van der Waals surface area (Å²) in [7, 11) is -0.864. The smallest absolute Gasteiger partial charge is 0.251 e. The van der Waals surface area contributed by atoms with Gasteiger partial charge in [0.25, 0.3) is 5.91 Å². The molecule has 0 aromatic heterocycles. The molecule has 2 rings (SSSR count). The Morgan fingerprint density at radius 2 is 2.08 bits per heavy atom. The third-order valence-electron chi connectivity index (χ3n) is 3.75. The number of ether oxygens (including phenoxy) is 1. The predicted octanol–water partition coefficient (Wildman–Crippen LogP) is 2.14. The van der Waals surface area contributed by atoms with E-state index in [-0.39, 0.29) is 21.4 Å². The van der Waals surface area contributed by atoms with Gasteiger partial charge in [0, 0.05) is 39.4 Å². The molecule has 0 spiro atoms. The molecule has 0 atom stereocenters. The molecule has 1 saturated carbocycles. The van der Waals surface area contributed by atoms with E-state index in [2.05, 4.69) is 5.32 Å². The number of rotatable bonds is 9. The highest BCUT2D eigenvalue weighted by Crippen LogP contribution is 2.28. The molecule has 1 fully saturated rings. The van der Waals surface area contributed by atoms with Gasteiger partial charge in [0.2, 0.25) is 10.0 Å². The highest BCUT2D eigenvalue weighted by Gasteiger charge is 2.22. The number of hydrogen-bond acceptors (Lipinski definition) is 4. The number of sulfonamides is 1. The zero-order valence-electron chi connectivity index (χ0n) is 13.9. The summed E-state index contributed by atoms with van der Waals surface area (Å²) in [5, 5.41) is 2.85. The summed E-state index contributed by atoms with van der Waals surface area (Å²) in [6.45, 7) is 1.89. The average Bonchev–Trinajstić information content (AvgIpc) is 3.34. The Bertz CT molecular complexity index is 687. The Balaban J connectivity index is 1.89. The van der Waals surface area contributed by atoms with E-state index in [1.54, 1.807) is 0 Å². The van der Waals surface area contributed by atoms with Crippen LogP contribution in [0.15, 0.2) is 23.1 Å². The predicted molar refractivity (Wildman–Crippen MR) is 92.8 cm³/mol. The van der Waals surface area contributed by atoms with Gasteiger partial charge in [0.05, 0.1) is 5.02 Å². The number of benzene rings is 1. The molecule has 0 bridgehead atoms. The van der Waals surface area contributed by atoms with Crippen molar-refractivity contribution in [2.75, 3.05) is 33.9 Å². The van der Waals surface area contributed by atoms with Crippen molar-refractivity contribution in [2.24, 2.45) is 5.92 Å². The molecular formula is C16H23ClN2O4S. The van der Waals surface area contributed by atoms with Crippen LogP contribution in [0, 0.1) is 5.92 Å². The second kappa shape index (κ2) is 8.29. The number of nitrogens with one attached hydrogen (secondary N) is 1. The largest absolute Gasteiger partial charge is 0.381 e. The van der Waals surface area contributed by atoms with Crippen molar-refractivity contribution in [1.29, 1.82) is 0 Å². The van der Waals surface area contributed by atoms with Gasteiger partial charge >= 0.3 is 0 Å². The molecule has 0 radical (unpaired) electrons. The molecule has 24 heavy (non-hydrogen) atoms. The Hall–Kier alpha value is -1.15. The molecule has 1 aliphatic rings. The molecule has 8 heteroatoms. The highest BCUT2D eigenvalue weighted by molar-refractivity contribution is 7.89. The second-order valence-electron chi connectivity index (χ2n) is 6.06. The lowest BCUT2D eigenvalue weighted by atomic mass is 10.2. The van der Waals surface area contributed by atoms with E-state index in [1.165, 1.54) is 45.1 Å². The topological polar surface area (TPSA) is 75.7 Å². The number of halogens is 1. The summed E-state index contributed by atoms with van der Waals surface area (Å²) in [6.07, 6.45) is 3.23. The van der Waals surface area contributed by atoms with Crippen LogP contribution in [-0.2, 0) is 14.8 Å². The Morgan fingerprint density at radius 3 is 2.71 bits per heavy atom. The van der Waals surface area contributed by atoms with Crippen molar-refractivity contribution >= 4 is 27.5 Å². The fourth-order valence-corrected chi connectivity index (χ4v) is 3.45. The van der Waals surface area contributed by atoms with Crippen LogP contribution in [0.25, 0.3) is 0 Å². The third-order valence-corrected chi connectivity index (χ3v) is 6.05. The molecule has 0 unspecified atom stereocenters. The maximum atomic E-state index is 12.2. The SMILES string of the molecule is CN(C)S(=O)(=O)c1cc(C(=O)NCCCOCC2CC2)ccc1Cl. The van der Waals surface area contributed by atoms with Crippen LogP contribution in [0.1, 0.15) is 29.6 Å². The first kappa shape index (κ1) is 19.2. The van der Waals surface area contributed by atoms with Crippen LogP contribution < -0.4 is 5.32 Å². The molecule has 0 aliphatic heterocycles. The maximum absolute atomic E-state index is 12.2. The van der Waals surface area contributed by atoms with Crippen LogP contribution in [-0.4, -0.2) is 52.5 Å². The monoisotopic (exact) mass is 374 g/mol. The zero-order valence-corrected chi connectivity index (χ0v) is 15.5. The van der Waals surface area contributed by atoms with Gasteiger partial charge in [-0.25, -0.2) is 12.7 Å². The first-order valence-corrected chi connectivity index (χ1v) is 9.72. The van der Waals surface area contributed by atoms with E-state index in [0.717, 1.165) is 23.3 Å². The minimum absolute atomic E-state index is 0.0745. The lowest BCUT2D eigenvalue weighted by molar-refractivity contribution is 0.0937. The van der Waals surface area contributed by atoms with Gasteiger partial charge in [-0.05, 0) is 43.4 Å². The van der Waals surface area contributed by atoms with Crippen molar-refractivity contribution in [3.8, 4) is 0 Å². The van der Waals surface area contributed by atoms with Gasteiger partial charge in [-0.1, -0.05) is 11.6 Å². The number of amides is 1. The summed E-state index contributed by atoms with van der Waals surface area (Å²) < 4.78 is 31.0. The maximum Gasteiger partial charge on any atom is 0.251 e. The summed E-state index contributed by atoms with van der Waals surface area (Å²) in [4.78, 5) is 12.1. The highest BCUT2D eigenvalue weighted by atomic mass is 35.5. The number of nitrogens with zero attached hydrogens (tertiary/aromatic N) is 1. The van der Waals surface area contributed by atoms with Crippen molar-refractivity contribution in [1.82, 2.24) is 9.62 Å². The van der Waals surface area contributed by atoms with Crippen LogP contribution in [0.3, 0.4) is 0 Å². The first-order valence-electron chi connectivity index (χ1n) is 7.90. The van der Waals surface area contributed by atoms with E-state index >= 15 is 0 Å². The van der Waals surface area contributed by atoms with Crippen LogP contribution in [0.2, 0.25) is 5.02 Å². The lowest BCUT2D eigenvalue weighted by Gasteiger charge is -2.14. The van der Waals surface area contributed by atoms with Crippen LogP contribution in [0.4, 0.5) is 0 Å². The Labute approximate surface area is 148 Å². The second-order valence-corrected chi connectivity index (χ2v) is 8.59. The Morgan fingerprint density at radius 1 is 1.38 bits per heavy atom. The number of carbonyl (C=O) groups excluding carboxylic acids is 1. The molecule has 6 nitrogen and oxygen atoms in total. The molecule has 134 valence electrons. The quantitative estimate of drug-likeness (QED) is 0.672. The molecule has 0 heterocycles. The fourth-order valence-electron chi connectivity index (χ4n) is 2.05. The van der Waals surface area contributed by atoms with Crippen molar-refractivity contribution in [2.45, 2.75) is 24.2 Å². The van der Waals surface area contributed by atoms with Crippen LogP contribution in [0.5, 0.6) is 0 Å². The molecule has 1 amide bonds. The van der Waals surface area contributed by atoms with Crippen molar-refractivity contribution in [3.63, 3.8) is 0 Å². The standard InChI is InChI=1S/C16H23ClN2O4S/c1-19(2)24(21,22)15-10-13(6-7-14(15)17)16(20)18-8-3-9-23-11-12-4-5-12/h6-7,10,12H,3-5,8-9,11H2,1-2H3,(H,18,20). The Kier molecular flexibility index (Phi) is 6.62. The van der Waals surface area contributed by atoms with E-state index in [9.17, 15) is 13.2 Å². The zero-order chi connectivity index (χ0) is 17.7. The molecule has 1 aromatic carbocycles. The summed E-state index contributed by atoms with van der Waals surface area (Å²) >= 11 is 5.97. The van der Waals surface area contributed by atoms with Gasteiger partial charge < -0.3 is 10.1 Å². The molecule has 1 N–H and O–H groups in total. The van der Waals surface area contributed by atoms with Gasteiger partial charge in [0.1, 0.15) is 4.90 Å². The first-order chi connectivity index (χ1) is 11.3. The number of carbonyl (C=O) groups is 1. The minimum Gasteiger partial charge on any atom is -0.381 e.